The standard InChI is InChI=1S/C14H18N2O2S2/c1-10(17)7-8-16(2)13(18)9-19-14-15-11-5-3-4-6-12(11)20-14/h3-6,10,17H,7-9H2,1-2H3. The van der Waals surface area contributed by atoms with Crippen LogP contribution in [0.15, 0.2) is 28.6 Å². The van der Waals surface area contributed by atoms with Gasteiger partial charge in [0.1, 0.15) is 0 Å². The van der Waals surface area contributed by atoms with E-state index in [4.69, 9.17) is 0 Å². The molecule has 0 saturated carbocycles. The Kier molecular flexibility index (Phi) is 5.39. The maximum atomic E-state index is 11.9. The number of para-hydroxylation sites is 1. The SMILES string of the molecule is CC(O)CCN(C)C(=O)CSc1nc2ccccc2s1. The molecule has 1 unspecified atom stereocenters. The van der Waals surface area contributed by atoms with Gasteiger partial charge >= 0.3 is 0 Å². The number of aromatic nitrogens is 1. The van der Waals surface area contributed by atoms with Gasteiger partial charge in [-0.25, -0.2) is 4.98 Å². The summed E-state index contributed by atoms with van der Waals surface area (Å²) in [6.45, 7) is 2.31. The van der Waals surface area contributed by atoms with Gasteiger partial charge in [-0.15, -0.1) is 11.3 Å². The number of hydrogen-bond acceptors (Lipinski definition) is 5. The molecule has 0 saturated heterocycles. The van der Waals surface area contributed by atoms with E-state index < -0.39 is 0 Å². The van der Waals surface area contributed by atoms with Crippen molar-refractivity contribution in [3.05, 3.63) is 24.3 Å². The molecule has 20 heavy (non-hydrogen) atoms. The molecule has 0 aliphatic carbocycles. The van der Waals surface area contributed by atoms with Gasteiger partial charge in [-0.1, -0.05) is 23.9 Å². The van der Waals surface area contributed by atoms with Gasteiger partial charge in [-0.2, -0.15) is 0 Å². The first-order valence-corrected chi connectivity index (χ1v) is 8.27. The number of thioether (sulfide) groups is 1. The number of benzene rings is 1. The third-order valence-electron chi connectivity index (χ3n) is 2.90. The van der Waals surface area contributed by atoms with Gasteiger partial charge < -0.3 is 10.0 Å². The Morgan fingerprint density at radius 2 is 2.25 bits per heavy atom. The molecular formula is C14H18N2O2S2. The number of thiazole rings is 1. The number of aliphatic hydroxyl groups is 1. The van der Waals surface area contributed by atoms with Crippen LogP contribution in [0.2, 0.25) is 0 Å². The Hall–Kier alpha value is -1.11. The predicted molar refractivity (Wildman–Crippen MR) is 84.3 cm³/mol. The van der Waals surface area contributed by atoms with Gasteiger partial charge in [0.05, 0.1) is 22.1 Å². The average molecular weight is 310 g/mol. The summed E-state index contributed by atoms with van der Waals surface area (Å²) in [5, 5.41) is 9.22. The van der Waals surface area contributed by atoms with Crippen molar-refractivity contribution in [2.75, 3.05) is 19.3 Å². The third-order valence-corrected chi connectivity index (χ3v) is 5.07. The maximum Gasteiger partial charge on any atom is 0.232 e. The monoisotopic (exact) mass is 310 g/mol. The smallest absolute Gasteiger partial charge is 0.232 e. The van der Waals surface area contributed by atoms with Crippen molar-refractivity contribution in [3.8, 4) is 0 Å². The van der Waals surface area contributed by atoms with E-state index in [0.29, 0.717) is 18.7 Å². The molecule has 6 heteroatoms. The zero-order chi connectivity index (χ0) is 14.5. The van der Waals surface area contributed by atoms with Crippen LogP contribution in [-0.4, -0.2) is 46.3 Å². The van der Waals surface area contributed by atoms with Gasteiger partial charge in [0.15, 0.2) is 4.34 Å². The number of hydrogen-bond donors (Lipinski definition) is 1. The first-order valence-electron chi connectivity index (χ1n) is 6.46. The second kappa shape index (κ2) is 7.06. The molecule has 1 aromatic heterocycles. The Morgan fingerprint density at radius 3 is 2.95 bits per heavy atom. The fourth-order valence-electron chi connectivity index (χ4n) is 1.65. The topological polar surface area (TPSA) is 53.4 Å². The third kappa shape index (κ3) is 4.19. The molecule has 2 aromatic rings. The minimum absolute atomic E-state index is 0.0647. The summed E-state index contributed by atoms with van der Waals surface area (Å²) in [5.74, 6) is 0.450. The summed E-state index contributed by atoms with van der Waals surface area (Å²) in [4.78, 5) is 18.1. The number of carbonyl (C=O) groups excluding carboxylic acids is 1. The van der Waals surface area contributed by atoms with E-state index in [2.05, 4.69) is 4.98 Å². The van der Waals surface area contributed by atoms with Gasteiger partial charge in [-0.05, 0) is 25.5 Å². The summed E-state index contributed by atoms with van der Waals surface area (Å²) < 4.78 is 2.06. The summed E-state index contributed by atoms with van der Waals surface area (Å²) in [6, 6.07) is 7.97. The fourth-order valence-corrected chi connectivity index (χ4v) is 3.66. The molecule has 0 spiro atoms. The van der Waals surface area contributed by atoms with E-state index in [1.807, 2.05) is 24.3 Å². The first-order chi connectivity index (χ1) is 9.56. The predicted octanol–water partition coefficient (Wildman–Crippen LogP) is 2.62. The van der Waals surface area contributed by atoms with Crippen molar-refractivity contribution < 1.29 is 9.90 Å². The number of fused-ring (bicyclic) bond motifs is 1. The van der Waals surface area contributed by atoms with Crippen molar-refractivity contribution in [1.82, 2.24) is 9.88 Å². The molecule has 1 atom stereocenters. The van der Waals surface area contributed by atoms with E-state index in [1.165, 1.54) is 11.8 Å². The molecule has 0 fully saturated rings. The molecule has 0 aliphatic heterocycles. The zero-order valence-electron chi connectivity index (χ0n) is 11.6. The molecule has 108 valence electrons. The second-order valence-electron chi connectivity index (χ2n) is 4.69. The molecule has 1 heterocycles. The van der Waals surface area contributed by atoms with Crippen LogP contribution in [-0.2, 0) is 4.79 Å². The molecular weight excluding hydrogens is 292 g/mol. The fraction of sp³-hybridized carbons (Fsp3) is 0.429. The highest BCUT2D eigenvalue weighted by molar-refractivity contribution is 8.01. The lowest BCUT2D eigenvalue weighted by Crippen LogP contribution is -2.30. The van der Waals surface area contributed by atoms with Gasteiger partial charge in [-0.3, -0.25) is 4.79 Å². The van der Waals surface area contributed by atoms with Crippen LogP contribution in [0, 0.1) is 0 Å². The van der Waals surface area contributed by atoms with E-state index >= 15 is 0 Å². The highest BCUT2D eigenvalue weighted by Crippen LogP contribution is 2.29. The Bertz CT molecular complexity index is 550. The molecule has 1 amide bonds. The van der Waals surface area contributed by atoms with E-state index in [0.717, 1.165) is 14.6 Å². The average Bonchev–Trinajstić information content (AvgIpc) is 2.84. The maximum absolute atomic E-state index is 11.9. The lowest BCUT2D eigenvalue weighted by atomic mass is 10.3. The number of nitrogens with zero attached hydrogens (tertiary/aromatic N) is 2. The molecule has 4 nitrogen and oxygen atoms in total. The van der Waals surface area contributed by atoms with Gasteiger partial charge in [0.2, 0.25) is 5.91 Å². The van der Waals surface area contributed by atoms with Crippen molar-refractivity contribution in [3.63, 3.8) is 0 Å². The zero-order valence-corrected chi connectivity index (χ0v) is 13.2. The molecule has 1 aromatic carbocycles. The largest absolute Gasteiger partial charge is 0.393 e. The highest BCUT2D eigenvalue weighted by atomic mass is 32.2. The Morgan fingerprint density at radius 1 is 1.50 bits per heavy atom. The van der Waals surface area contributed by atoms with E-state index in [9.17, 15) is 9.90 Å². The second-order valence-corrected chi connectivity index (χ2v) is 6.94. The number of rotatable bonds is 6. The summed E-state index contributed by atoms with van der Waals surface area (Å²) in [7, 11) is 1.77. The number of carbonyl (C=O) groups is 1. The van der Waals surface area contributed by atoms with Crippen LogP contribution in [0.5, 0.6) is 0 Å². The molecule has 0 radical (unpaired) electrons. The molecule has 0 bridgehead atoms. The number of amides is 1. The van der Waals surface area contributed by atoms with Crippen molar-refractivity contribution >= 4 is 39.2 Å². The van der Waals surface area contributed by atoms with Gasteiger partial charge in [0, 0.05) is 13.6 Å². The van der Waals surface area contributed by atoms with Crippen molar-refractivity contribution in [2.24, 2.45) is 0 Å². The summed E-state index contributed by atoms with van der Waals surface area (Å²) in [6.07, 6.45) is 0.232. The Balaban J connectivity index is 1.86. The van der Waals surface area contributed by atoms with Crippen LogP contribution in [0.3, 0.4) is 0 Å². The lowest BCUT2D eigenvalue weighted by molar-refractivity contribution is -0.127. The minimum atomic E-state index is -0.373. The normalized spacial score (nSPS) is 12.6. The van der Waals surface area contributed by atoms with E-state index in [1.54, 1.807) is 30.2 Å². The minimum Gasteiger partial charge on any atom is -0.393 e. The van der Waals surface area contributed by atoms with Crippen LogP contribution in [0.4, 0.5) is 0 Å². The molecule has 2 rings (SSSR count). The van der Waals surface area contributed by atoms with Gasteiger partial charge in [0.25, 0.3) is 0 Å². The van der Waals surface area contributed by atoms with Crippen molar-refractivity contribution in [2.45, 2.75) is 23.8 Å². The summed E-state index contributed by atoms with van der Waals surface area (Å²) in [5.41, 5.74) is 0.981. The van der Waals surface area contributed by atoms with Crippen LogP contribution >= 0.6 is 23.1 Å². The van der Waals surface area contributed by atoms with E-state index in [-0.39, 0.29) is 12.0 Å². The van der Waals surface area contributed by atoms with Crippen LogP contribution in [0.1, 0.15) is 13.3 Å². The van der Waals surface area contributed by atoms with Crippen LogP contribution in [0.25, 0.3) is 10.2 Å². The highest BCUT2D eigenvalue weighted by Gasteiger charge is 2.12. The first kappa shape index (κ1) is 15.3. The lowest BCUT2D eigenvalue weighted by Gasteiger charge is -2.17. The number of aliphatic hydroxyl groups excluding tert-OH is 1. The molecule has 1 N–H and O–H groups in total. The quantitative estimate of drug-likeness (QED) is 0.833. The van der Waals surface area contributed by atoms with Crippen LogP contribution < -0.4 is 0 Å². The summed E-state index contributed by atoms with van der Waals surface area (Å²) >= 11 is 3.08. The molecule has 0 aliphatic rings. The Labute approximate surface area is 126 Å². The van der Waals surface area contributed by atoms with Crippen molar-refractivity contribution in [1.29, 1.82) is 0 Å².